The van der Waals surface area contributed by atoms with Crippen LogP contribution in [0.5, 0.6) is 0 Å². The Morgan fingerprint density at radius 3 is 2.61 bits per heavy atom. The van der Waals surface area contributed by atoms with E-state index in [0.717, 1.165) is 18.4 Å². The van der Waals surface area contributed by atoms with Crippen LogP contribution in [0.1, 0.15) is 32.6 Å². The molecule has 1 heterocycles. The Bertz CT molecular complexity index is 473. The lowest BCUT2D eigenvalue weighted by Crippen LogP contribution is -2.42. The van der Waals surface area contributed by atoms with E-state index in [4.69, 9.17) is 0 Å². The molecule has 1 aromatic rings. The van der Waals surface area contributed by atoms with Crippen LogP contribution in [-0.2, 0) is 16.1 Å². The van der Waals surface area contributed by atoms with Crippen molar-refractivity contribution in [2.24, 2.45) is 5.41 Å². The first kappa shape index (κ1) is 12.8. The van der Waals surface area contributed by atoms with Gasteiger partial charge in [-0.15, -0.1) is 0 Å². The summed E-state index contributed by atoms with van der Waals surface area (Å²) in [7, 11) is 0. The summed E-state index contributed by atoms with van der Waals surface area (Å²) in [6.45, 7) is 6.09. The molecule has 0 aliphatic heterocycles. The van der Waals surface area contributed by atoms with Crippen LogP contribution in [0.3, 0.4) is 0 Å². The molecule has 1 saturated carbocycles. The van der Waals surface area contributed by atoms with Gasteiger partial charge in [0.15, 0.2) is 5.78 Å². The van der Waals surface area contributed by atoms with E-state index in [1.165, 1.54) is 6.92 Å². The number of carbonyl (C=O) groups is 2. The Balaban J connectivity index is 2.27. The fraction of sp³-hybridized carbons (Fsp3) is 0.467. The van der Waals surface area contributed by atoms with E-state index in [1.807, 2.05) is 29.1 Å². The van der Waals surface area contributed by atoms with Gasteiger partial charge in [0, 0.05) is 25.4 Å². The molecular weight excluding hydrogens is 226 g/mol. The van der Waals surface area contributed by atoms with Crippen LogP contribution < -0.4 is 0 Å². The molecule has 2 rings (SSSR count). The van der Waals surface area contributed by atoms with Gasteiger partial charge in [-0.25, -0.2) is 0 Å². The second-order valence-corrected chi connectivity index (χ2v) is 5.05. The number of rotatable bonds is 4. The first-order chi connectivity index (χ1) is 8.57. The number of aromatic nitrogens is 1. The summed E-state index contributed by atoms with van der Waals surface area (Å²) in [5.74, 6) is 0.00256. The second-order valence-electron chi connectivity index (χ2n) is 5.05. The number of carbonyl (C=O) groups excluding carboxylic acids is 2. The van der Waals surface area contributed by atoms with Crippen molar-refractivity contribution in [2.45, 2.75) is 39.2 Å². The van der Waals surface area contributed by atoms with Gasteiger partial charge in [-0.2, -0.15) is 0 Å². The molecule has 0 radical (unpaired) electrons. The minimum atomic E-state index is -0.928. The first-order valence-electron chi connectivity index (χ1n) is 6.41. The van der Waals surface area contributed by atoms with Crippen molar-refractivity contribution in [3.63, 3.8) is 0 Å². The highest BCUT2D eigenvalue weighted by Crippen LogP contribution is 2.40. The van der Waals surface area contributed by atoms with Gasteiger partial charge in [0.1, 0.15) is 11.2 Å². The number of allylic oxidation sites excluding steroid dienone is 1. The van der Waals surface area contributed by atoms with Gasteiger partial charge in [-0.3, -0.25) is 9.59 Å². The SMILES string of the molecule is C=C(Cn1cccc1)C1(C(C)=O)CCCCC1=O. The van der Waals surface area contributed by atoms with Gasteiger partial charge >= 0.3 is 0 Å². The summed E-state index contributed by atoms with van der Waals surface area (Å²) in [5.41, 5.74) is -0.196. The third-order valence-corrected chi connectivity index (χ3v) is 3.93. The number of hydrogen-bond acceptors (Lipinski definition) is 2. The Morgan fingerprint density at radius 2 is 2.06 bits per heavy atom. The van der Waals surface area contributed by atoms with Crippen LogP contribution >= 0.6 is 0 Å². The van der Waals surface area contributed by atoms with E-state index < -0.39 is 5.41 Å². The summed E-state index contributed by atoms with van der Waals surface area (Å²) in [6.07, 6.45) is 6.80. The number of hydrogen-bond donors (Lipinski definition) is 0. The molecule has 0 bridgehead atoms. The molecule has 0 spiro atoms. The van der Waals surface area contributed by atoms with Crippen LogP contribution in [-0.4, -0.2) is 16.1 Å². The van der Waals surface area contributed by atoms with Gasteiger partial charge in [-0.05, 0) is 37.5 Å². The lowest BCUT2D eigenvalue weighted by molar-refractivity contribution is -0.139. The zero-order chi connectivity index (χ0) is 13.2. The molecule has 1 atom stereocenters. The third-order valence-electron chi connectivity index (χ3n) is 3.93. The second kappa shape index (κ2) is 4.92. The topological polar surface area (TPSA) is 39.1 Å². The molecule has 1 unspecified atom stereocenters. The van der Waals surface area contributed by atoms with Crippen molar-refractivity contribution >= 4 is 11.6 Å². The zero-order valence-corrected chi connectivity index (χ0v) is 10.8. The summed E-state index contributed by atoms with van der Waals surface area (Å²) in [6, 6.07) is 3.85. The van der Waals surface area contributed by atoms with Crippen molar-refractivity contribution in [3.05, 3.63) is 36.7 Å². The molecule has 1 aromatic heterocycles. The van der Waals surface area contributed by atoms with Crippen molar-refractivity contribution in [3.8, 4) is 0 Å². The number of Topliss-reactive ketones (excluding diaryl/α,β-unsaturated/α-hetero) is 2. The van der Waals surface area contributed by atoms with Crippen LogP contribution in [0.4, 0.5) is 0 Å². The van der Waals surface area contributed by atoms with E-state index in [9.17, 15) is 9.59 Å². The van der Waals surface area contributed by atoms with Gasteiger partial charge < -0.3 is 4.57 Å². The van der Waals surface area contributed by atoms with Gasteiger partial charge in [0.05, 0.1) is 0 Å². The van der Waals surface area contributed by atoms with Gasteiger partial charge in [0.2, 0.25) is 0 Å². The monoisotopic (exact) mass is 245 g/mol. The van der Waals surface area contributed by atoms with Crippen molar-refractivity contribution in [2.75, 3.05) is 0 Å². The Morgan fingerprint density at radius 1 is 1.39 bits per heavy atom. The first-order valence-corrected chi connectivity index (χ1v) is 6.41. The maximum atomic E-state index is 12.2. The van der Waals surface area contributed by atoms with E-state index in [-0.39, 0.29) is 11.6 Å². The van der Waals surface area contributed by atoms with Crippen LogP contribution in [0.25, 0.3) is 0 Å². The van der Waals surface area contributed by atoms with E-state index >= 15 is 0 Å². The predicted molar refractivity (Wildman–Crippen MR) is 70.2 cm³/mol. The molecule has 0 amide bonds. The molecule has 1 fully saturated rings. The van der Waals surface area contributed by atoms with Gasteiger partial charge in [0.25, 0.3) is 0 Å². The molecule has 0 aromatic carbocycles. The number of nitrogens with zero attached hydrogens (tertiary/aromatic N) is 1. The van der Waals surface area contributed by atoms with Crippen LogP contribution in [0.2, 0.25) is 0 Å². The Labute approximate surface area is 107 Å². The molecule has 0 saturated heterocycles. The zero-order valence-electron chi connectivity index (χ0n) is 10.8. The molecule has 0 N–H and O–H groups in total. The molecule has 18 heavy (non-hydrogen) atoms. The minimum absolute atomic E-state index is 0.0515. The fourth-order valence-electron chi connectivity index (χ4n) is 2.85. The standard InChI is InChI=1S/C15H19NO2/c1-12(11-16-9-5-6-10-16)15(13(2)17)8-4-3-7-14(15)18/h5-6,9-10H,1,3-4,7-8,11H2,2H3. The third kappa shape index (κ3) is 2.05. The van der Waals surface area contributed by atoms with Crippen molar-refractivity contribution in [1.82, 2.24) is 4.57 Å². The average Bonchev–Trinajstić information content (AvgIpc) is 2.82. The fourth-order valence-corrected chi connectivity index (χ4v) is 2.85. The van der Waals surface area contributed by atoms with E-state index in [2.05, 4.69) is 6.58 Å². The molecular formula is C15H19NO2. The maximum Gasteiger partial charge on any atom is 0.150 e. The summed E-state index contributed by atoms with van der Waals surface area (Å²) >= 11 is 0. The average molecular weight is 245 g/mol. The Hall–Kier alpha value is -1.64. The highest BCUT2D eigenvalue weighted by Gasteiger charge is 2.46. The Kier molecular flexibility index (Phi) is 3.50. The number of ketones is 2. The predicted octanol–water partition coefficient (Wildman–Crippen LogP) is 2.76. The quantitative estimate of drug-likeness (QED) is 0.604. The molecule has 3 heteroatoms. The van der Waals surface area contributed by atoms with Crippen LogP contribution in [0.15, 0.2) is 36.7 Å². The molecule has 1 aliphatic carbocycles. The van der Waals surface area contributed by atoms with E-state index in [0.29, 0.717) is 19.4 Å². The maximum absolute atomic E-state index is 12.2. The largest absolute Gasteiger partial charge is 0.350 e. The minimum Gasteiger partial charge on any atom is -0.350 e. The highest BCUT2D eigenvalue weighted by molar-refractivity contribution is 6.09. The molecule has 3 nitrogen and oxygen atoms in total. The van der Waals surface area contributed by atoms with Gasteiger partial charge in [-0.1, -0.05) is 13.0 Å². The highest BCUT2D eigenvalue weighted by atomic mass is 16.2. The lowest BCUT2D eigenvalue weighted by atomic mass is 9.66. The summed E-state index contributed by atoms with van der Waals surface area (Å²) in [5, 5.41) is 0. The van der Waals surface area contributed by atoms with Crippen molar-refractivity contribution < 1.29 is 9.59 Å². The lowest BCUT2D eigenvalue weighted by Gasteiger charge is -2.35. The summed E-state index contributed by atoms with van der Waals surface area (Å²) in [4.78, 5) is 24.2. The van der Waals surface area contributed by atoms with Crippen LogP contribution in [0, 0.1) is 5.41 Å². The molecule has 96 valence electrons. The van der Waals surface area contributed by atoms with E-state index in [1.54, 1.807) is 0 Å². The normalized spacial score (nSPS) is 23.9. The smallest absolute Gasteiger partial charge is 0.150 e. The molecule has 1 aliphatic rings. The van der Waals surface area contributed by atoms with Crippen molar-refractivity contribution in [1.29, 1.82) is 0 Å². The summed E-state index contributed by atoms with van der Waals surface area (Å²) < 4.78 is 1.95.